The first kappa shape index (κ1) is 14.6. The Balaban J connectivity index is 4.37. The molecule has 6 heteroatoms. The molecule has 0 aromatic rings. The summed E-state index contributed by atoms with van der Waals surface area (Å²) >= 11 is 0. The van der Waals surface area contributed by atoms with E-state index in [4.69, 9.17) is 16.6 Å². The number of carboxylic acid groups (broad SMARTS) is 1. The molecule has 0 heterocycles. The first-order valence-electron chi connectivity index (χ1n) is 5.08. The molecule has 16 heavy (non-hydrogen) atoms. The van der Waals surface area contributed by atoms with E-state index >= 15 is 0 Å². The molecule has 92 valence electrons. The molecule has 0 aromatic carbocycles. The minimum atomic E-state index is -0.895. The third-order valence-corrected chi connectivity index (χ3v) is 2.22. The first-order chi connectivity index (χ1) is 7.52. The average molecular weight is 228 g/mol. The third kappa shape index (κ3) is 5.47. The Kier molecular flexibility index (Phi) is 7.15. The van der Waals surface area contributed by atoms with Crippen LogP contribution < -0.4 is 11.5 Å². The van der Waals surface area contributed by atoms with Gasteiger partial charge in [0, 0.05) is 12.1 Å². The molecule has 0 aromatic heterocycles. The van der Waals surface area contributed by atoms with Gasteiger partial charge >= 0.3 is 5.97 Å². The number of hydrogen-bond donors (Lipinski definition) is 3. The number of aliphatic carboxylic acids is 1. The van der Waals surface area contributed by atoms with Crippen molar-refractivity contribution in [1.29, 1.82) is 0 Å². The van der Waals surface area contributed by atoms with Gasteiger partial charge in [0.1, 0.15) is 6.04 Å². The molecule has 0 aliphatic carbocycles. The van der Waals surface area contributed by atoms with Gasteiger partial charge in [0.2, 0.25) is 0 Å². The van der Waals surface area contributed by atoms with Crippen molar-refractivity contribution in [1.82, 2.24) is 4.90 Å². The van der Waals surface area contributed by atoms with Crippen LogP contribution in [0, 0.1) is 0 Å². The molecule has 0 spiro atoms. The second-order valence-electron chi connectivity index (χ2n) is 3.53. The molecule has 0 bridgehead atoms. The average Bonchev–Trinajstić information content (AvgIpc) is 2.22. The zero-order valence-corrected chi connectivity index (χ0v) is 9.59. The van der Waals surface area contributed by atoms with Crippen LogP contribution in [0.2, 0.25) is 0 Å². The van der Waals surface area contributed by atoms with E-state index in [-0.39, 0.29) is 6.42 Å². The van der Waals surface area contributed by atoms with Crippen LogP contribution >= 0.6 is 0 Å². The van der Waals surface area contributed by atoms with Gasteiger partial charge in [0.15, 0.2) is 0 Å². The van der Waals surface area contributed by atoms with Gasteiger partial charge in [-0.3, -0.25) is 9.69 Å². The highest BCUT2D eigenvalue weighted by Gasteiger charge is 2.22. The fraction of sp³-hybridized carbons (Fsp3) is 0.600. The maximum atomic E-state index is 11.0. The molecule has 0 saturated carbocycles. The van der Waals surface area contributed by atoms with Gasteiger partial charge in [-0.2, -0.15) is 0 Å². The molecule has 0 fully saturated rings. The summed E-state index contributed by atoms with van der Waals surface area (Å²) in [7, 11) is 1.74. The molecule has 0 amide bonds. The van der Waals surface area contributed by atoms with Crippen molar-refractivity contribution in [2.24, 2.45) is 16.5 Å². The monoisotopic (exact) mass is 228 g/mol. The number of carboxylic acids is 1. The molecule has 1 atom stereocenters. The Morgan fingerprint density at radius 2 is 2.31 bits per heavy atom. The van der Waals surface area contributed by atoms with Crippen LogP contribution in [0.25, 0.3) is 0 Å². The number of aliphatic imine (C=N–C) groups is 1. The van der Waals surface area contributed by atoms with Gasteiger partial charge < -0.3 is 16.6 Å². The largest absolute Gasteiger partial charge is 0.480 e. The van der Waals surface area contributed by atoms with E-state index in [1.807, 2.05) is 0 Å². The Morgan fingerprint density at radius 3 is 2.75 bits per heavy atom. The van der Waals surface area contributed by atoms with Crippen molar-refractivity contribution in [2.45, 2.75) is 18.9 Å². The van der Waals surface area contributed by atoms with Crippen LogP contribution in [0.15, 0.2) is 17.3 Å². The number of hydrogen-bond acceptors (Lipinski definition) is 4. The first-order valence-corrected chi connectivity index (χ1v) is 5.08. The maximum absolute atomic E-state index is 11.0. The van der Waals surface area contributed by atoms with E-state index in [1.54, 1.807) is 11.9 Å². The van der Waals surface area contributed by atoms with Crippen molar-refractivity contribution in [3.05, 3.63) is 12.3 Å². The number of rotatable bonds is 8. The fourth-order valence-electron chi connectivity index (χ4n) is 1.31. The molecule has 0 saturated heterocycles. The summed E-state index contributed by atoms with van der Waals surface area (Å²) in [6.45, 7) is 4.81. The zero-order valence-electron chi connectivity index (χ0n) is 9.59. The zero-order chi connectivity index (χ0) is 12.6. The number of carbonyl (C=O) groups is 1. The minimum absolute atomic E-state index is 0.254. The summed E-state index contributed by atoms with van der Waals surface area (Å²) in [4.78, 5) is 16.5. The van der Waals surface area contributed by atoms with E-state index in [2.05, 4.69) is 11.6 Å². The van der Waals surface area contributed by atoms with Gasteiger partial charge in [-0.15, -0.1) is 0 Å². The molecule has 0 radical (unpaired) electrons. The van der Waals surface area contributed by atoms with Crippen LogP contribution in [-0.2, 0) is 4.79 Å². The normalized spacial score (nSPS) is 13.2. The lowest BCUT2D eigenvalue weighted by molar-refractivity contribution is -0.142. The molecule has 0 rings (SSSR count). The lowest BCUT2D eigenvalue weighted by atomic mass is 10.1. The standard InChI is InChI=1S/C10H20N4O2/c1-8(13-7-12)6-9(10(15)16)14(2)5-3-4-11/h7,9H,1,3-6,11H2,2H3,(H2,12,13)(H,15,16)/t9-/m0/s1. The van der Waals surface area contributed by atoms with E-state index in [0.29, 0.717) is 18.8 Å². The van der Waals surface area contributed by atoms with Gasteiger partial charge in [0.05, 0.1) is 6.34 Å². The molecule has 6 nitrogen and oxygen atoms in total. The van der Waals surface area contributed by atoms with Gasteiger partial charge in [-0.1, -0.05) is 6.58 Å². The number of nitrogens with two attached hydrogens (primary N) is 2. The van der Waals surface area contributed by atoms with Crippen LogP contribution in [0.1, 0.15) is 12.8 Å². The van der Waals surface area contributed by atoms with Crippen molar-refractivity contribution in [2.75, 3.05) is 20.1 Å². The maximum Gasteiger partial charge on any atom is 0.321 e. The van der Waals surface area contributed by atoms with Crippen molar-refractivity contribution in [3.63, 3.8) is 0 Å². The molecular formula is C10H20N4O2. The van der Waals surface area contributed by atoms with E-state index < -0.39 is 12.0 Å². The van der Waals surface area contributed by atoms with Crippen molar-refractivity contribution >= 4 is 12.3 Å². The van der Waals surface area contributed by atoms with Crippen molar-refractivity contribution in [3.8, 4) is 0 Å². The highest BCUT2D eigenvalue weighted by molar-refractivity contribution is 5.74. The summed E-state index contributed by atoms with van der Waals surface area (Å²) < 4.78 is 0. The minimum Gasteiger partial charge on any atom is -0.480 e. The Hall–Kier alpha value is -1.40. The predicted molar refractivity (Wildman–Crippen MR) is 64.2 cm³/mol. The van der Waals surface area contributed by atoms with Crippen molar-refractivity contribution < 1.29 is 9.90 Å². The van der Waals surface area contributed by atoms with Crippen LogP contribution in [-0.4, -0.2) is 48.5 Å². The number of nitrogens with zero attached hydrogens (tertiary/aromatic N) is 2. The molecule has 5 N–H and O–H groups in total. The van der Waals surface area contributed by atoms with Crippen LogP contribution in [0.5, 0.6) is 0 Å². The van der Waals surface area contributed by atoms with E-state index in [9.17, 15) is 4.79 Å². The SMILES string of the molecule is C=C(C[C@@H](C(=O)O)N(C)CCCN)N=CN. The Bertz CT molecular complexity index is 266. The lowest BCUT2D eigenvalue weighted by Crippen LogP contribution is -2.39. The summed E-state index contributed by atoms with van der Waals surface area (Å²) in [5.74, 6) is -0.895. The molecule has 0 aliphatic rings. The van der Waals surface area contributed by atoms with Crippen LogP contribution in [0.3, 0.4) is 0 Å². The molecule has 0 unspecified atom stereocenters. The predicted octanol–water partition coefficient (Wildman–Crippen LogP) is -0.389. The summed E-state index contributed by atoms with van der Waals surface area (Å²) in [5.41, 5.74) is 10.9. The topological polar surface area (TPSA) is 105 Å². The Morgan fingerprint density at radius 1 is 1.69 bits per heavy atom. The third-order valence-electron chi connectivity index (χ3n) is 2.22. The quantitative estimate of drug-likeness (QED) is 0.387. The smallest absolute Gasteiger partial charge is 0.321 e. The lowest BCUT2D eigenvalue weighted by Gasteiger charge is -2.24. The van der Waals surface area contributed by atoms with E-state index in [1.165, 1.54) is 0 Å². The van der Waals surface area contributed by atoms with Gasteiger partial charge in [-0.25, -0.2) is 4.99 Å². The van der Waals surface area contributed by atoms with E-state index in [0.717, 1.165) is 12.8 Å². The second kappa shape index (κ2) is 7.84. The Labute approximate surface area is 95.6 Å². The summed E-state index contributed by atoms with van der Waals surface area (Å²) in [6, 6.07) is -0.636. The summed E-state index contributed by atoms with van der Waals surface area (Å²) in [6.07, 6.45) is 2.12. The number of likely N-dealkylation sites (N-methyl/N-ethyl adjacent to an activating group) is 1. The van der Waals surface area contributed by atoms with Gasteiger partial charge in [0.25, 0.3) is 0 Å². The second-order valence-corrected chi connectivity index (χ2v) is 3.53. The van der Waals surface area contributed by atoms with Crippen LogP contribution in [0.4, 0.5) is 0 Å². The fourth-order valence-corrected chi connectivity index (χ4v) is 1.31. The molecule has 0 aliphatic heterocycles. The van der Waals surface area contributed by atoms with Gasteiger partial charge in [-0.05, 0) is 26.6 Å². The highest BCUT2D eigenvalue weighted by Crippen LogP contribution is 2.10. The molecular weight excluding hydrogens is 208 g/mol. The summed E-state index contributed by atoms with van der Waals surface area (Å²) in [5, 5.41) is 9.06. The highest BCUT2D eigenvalue weighted by atomic mass is 16.4.